The number of rotatable bonds is 4. The van der Waals surface area contributed by atoms with Gasteiger partial charge in [0.2, 0.25) is 0 Å². The molecule has 2 unspecified atom stereocenters. The molecule has 1 N–H and O–H groups in total. The number of fused-ring (bicyclic) bond motifs is 1. The van der Waals surface area contributed by atoms with Crippen LogP contribution in [0.4, 0.5) is 0 Å². The molecule has 4 heteroatoms. The number of carbonyl (C=O) groups excluding carboxylic acids is 1. The fraction of sp³-hybridized carbons (Fsp3) is 0.929. The lowest BCUT2D eigenvalue weighted by molar-refractivity contribution is -0.146. The first-order chi connectivity index (χ1) is 8.79. The van der Waals surface area contributed by atoms with Gasteiger partial charge in [0.05, 0.1) is 24.7 Å². The summed E-state index contributed by atoms with van der Waals surface area (Å²) in [5, 5.41) is 3.35. The molecule has 0 radical (unpaired) electrons. The van der Waals surface area contributed by atoms with Gasteiger partial charge in [0.25, 0.3) is 0 Å². The average Bonchev–Trinajstić information content (AvgIpc) is 2.88. The van der Waals surface area contributed by atoms with E-state index in [0.717, 1.165) is 38.8 Å². The molecule has 18 heavy (non-hydrogen) atoms. The molecule has 3 aliphatic rings. The predicted molar refractivity (Wildman–Crippen MR) is 67.1 cm³/mol. The molecule has 4 atom stereocenters. The lowest BCUT2D eigenvalue weighted by atomic mass is 10.1. The first-order valence-corrected chi connectivity index (χ1v) is 7.32. The van der Waals surface area contributed by atoms with Crippen LogP contribution in [0.25, 0.3) is 0 Å². The van der Waals surface area contributed by atoms with Crippen molar-refractivity contribution >= 4 is 5.97 Å². The summed E-state index contributed by atoms with van der Waals surface area (Å²) in [5.41, 5.74) is 0. The van der Waals surface area contributed by atoms with E-state index in [2.05, 4.69) is 5.32 Å². The Morgan fingerprint density at radius 1 is 1.17 bits per heavy atom. The summed E-state index contributed by atoms with van der Waals surface area (Å²) in [4.78, 5) is 11.6. The van der Waals surface area contributed by atoms with Gasteiger partial charge in [-0.1, -0.05) is 0 Å². The van der Waals surface area contributed by atoms with Crippen LogP contribution in [0.3, 0.4) is 0 Å². The SMILES string of the molecule is CCOC(=O)C1[C@H]2CC(OC3CCNCC3)C[C@@H]12. The smallest absolute Gasteiger partial charge is 0.309 e. The molecule has 0 bridgehead atoms. The first kappa shape index (κ1) is 12.4. The quantitative estimate of drug-likeness (QED) is 0.768. The van der Waals surface area contributed by atoms with Crippen LogP contribution in [0.2, 0.25) is 0 Å². The van der Waals surface area contributed by atoms with Crippen LogP contribution in [0.5, 0.6) is 0 Å². The van der Waals surface area contributed by atoms with Crippen LogP contribution in [0.15, 0.2) is 0 Å². The average molecular weight is 253 g/mol. The zero-order valence-electron chi connectivity index (χ0n) is 11.1. The van der Waals surface area contributed by atoms with Crippen LogP contribution in [-0.4, -0.2) is 37.9 Å². The third-order valence-corrected chi connectivity index (χ3v) is 4.63. The number of nitrogens with one attached hydrogen (secondary N) is 1. The zero-order chi connectivity index (χ0) is 12.5. The van der Waals surface area contributed by atoms with E-state index in [4.69, 9.17) is 9.47 Å². The highest BCUT2D eigenvalue weighted by atomic mass is 16.5. The van der Waals surface area contributed by atoms with Crippen molar-refractivity contribution < 1.29 is 14.3 Å². The lowest BCUT2D eigenvalue weighted by Gasteiger charge is -2.27. The first-order valence-electron chi connectivity index (χ1n) is 7.32. The van der Waals surface area contributed by atoms with Crippen LogP contribution >= 0.6 is 0 Å². The summed E-state index contributed by atoms with van der Waals surface area (Å²) < 4.78 is 11.2. The van der Waals surface area contributed by atoms with E-state index in [-0.39, 0.29) is 11.9 Å². The molecule has 0 spiro atoms. The topological polar surface area (TPSA) is 47.6 Å². The number of esters is 1. The summed E-state index contributed by atoms with van der Waals surface area (Å²) in [7, 11) is 0. The molecule has 1 aliphatic heterocycles. The van der Waals surface area contributed by atoms with E-state index < -0.39 is 0 Å². The van der Waals surface area contributed by atoms with E-state index in [1.165, 1.54) is 0 Å². The summed E-state index contributed by atoms with van der Waals surface area (Å²) in [5.74, 6) is 1.32. The molecule has 2 saturated carbocycles. The summed E-state index contributed by atoms with van der Waals surface area (Å²) >= 11 is 0. The number of hydrogen-bond donors (Lipinski definition) is 1. The molecular formula is C14H23NO3. The maximum Gasteiger partial charge on any atom is 0.309 e. The number of hydrogen-bond acceptors (Lipinski definition) is 4. The maximum atomic E-state index is 11.6. The van der Waals surface area contributed by atoms with Crippen molar-refractivity contribution in [3.05, 3.63) is 0 Å². The Morgan fingerprint density at radius 3 is 2.44 bits per heavy atom. The molecule has 2 aliphatic carbocycles. The summed E-state index contributed by atoms with van der Waals surface area (Å²) in [6, 6.07) is 0. The molecule has 1 saturated heterocycles. The lowest BCUT2D eigenvalue weighted by Crippen LogP contribution is -2.34. The second kappa shape index (κ2) is 5.17. The molecule has 4 nitrogen and oxygen atoms in total. The van der Waals surface area contributed by atoms with E-state index >= 15 is 0 Å². The minimum Gasteiger partial charge on any atom is -0.466 e. The minimum atomic E-state index is 0.0211. The van der Waals surface area contributed by atoms with Crippen LogP contribution in [0.1, 0.15) is 32.6 Å². The maximum absolute atomic E-state index is 11.6. The Morgan fingerprint density at radius 2 is 1.83 bits per heavy atom. The number of piperidine rings is 1. The van der Waals surface area contributed by atoms with Gasteiger partial charge in [-0.05, 0) is 57.5 Å². The Balaban J connectivity index is 1.42. The Kier molecular flexibility index (Phi) is 3.57. The molecule has 102 valence electrons. The highest BCUT2D eigenvalue weighted by Crippen LogP contribution is 2.58. The van der Waals surface area contributed by atoms with Gasteiger partial charge >= 0.3 is 5.97 Å². The van der Waals surface area contributed by atoms with E-state index in [1.54, 1.807) is 0 Å². The molecule has 1 heterocycles. The largest absolute Gasteiger partial charge is 0.466 e. The zero-order valence-corrected chi connectivity index (χ0v) is 11.1. The van der Waals surface area contributed by atoms with Crippen LogP contribution < -0.4 is 5.32 Å². The fourth-order valence-electron chi connectivity index (χ4n) is 3.69. The van der Waals surface area contributed by atoms with Gasteiger partial charge in [-0.3, -0.25) is 4.79 Å². The van der Waals surface area contributed by atoms with Crippen molar-refractivity contribution in [3.8, 4) is 0 Å². The predicted octanol–water partition coefficient (Wildman–Crippen LogP) is 1.34. The molecule has 0 aromatic heterocycles. The van der Waals surface area contributed by atoms with E-state index in [0.29, 0.717) is 30.7 Å². The minimum absolute atomic E-state index is 0.0211. The van der Waals surface area contributed by atoms with E-state index in [9.17, 15) is 4.79 Å². The van der Waals surface area contributed by atoms with Gasteiger partial charge in [-0.15, -0.1) is 0 Å². The van der Waals surface area contributed by atoms with Crippen LogP contribution in [-0.2, 0) is 14.3 Å². The van der Waals surface area contributed by atoms with Gasteiger partial charge in [0, 0.05) is 0 Å². The van der Waals surface area contributed by atoms with Gasteiger partial charge in [-0.2, -0.15) is 0 Å². The van der Waals surface area contributed by atoms with Crippen LogP contribution in [0, 0.1) is 17.8 Å². The third kappa shape index (κ3) is 2.41. The fourth-order valence-corrected chi connectivity index (χ4v) is 3.69. The van der Waals surface area contributed by atoms with Crippen molar-refractivity contribution in [3.63, 3.8) is 0 Å². The van der Waals surface area contributed by atoms with Gasteiger partial charge < -0.3 is 14.8 Å². The van der Waals surface area contributed by atoms with Crippen molar-refractivity contribution in [2.75, 3.05) is 19.7 Å². The molecule has 3 rings (SSSR count). The number of ether oxygens (including phenoxy) is 2. The molecule has 0 aromatic rings. The molecule has 0 aromatic carbocycles. The van der Waals surface area contributed by atoms with Crippen molar-refractivity contribution in [1.82, 2.24) is 5.32 Å². The Hall–Kier alpha value is -0.610. The van der Waals surface area contributed by atoms with Gasteiger partial charge in [0.15, 0.2) is 0 Å². The molecule has 3 fully saturated rings. The standard InChI is InChI=1S/C14H23NO3/c1-2-17-14(16)13-11-7-10(8-12(11)13)18-9-3-5-15-6-4-9/h9-13,15H,2-8H2,1H3/t10?,11-,12+,13?. The Bertz CT molecular complexity index is 302. The third-order valence-electron chi connectivity index (χ3n) is 4.63. The highest BCUT2D eigenvalue weighted by Gasteiger charge is 2.60. The second-order valence-corrected chi connectivity index (χ2v) is 5.78. The highest BCUT2D eigenvalue weighted by molar-refractivity contribution is 5.76. The van der Waals surface area contributed by atoms with Gasteiger partial charge in [-0.25, -0.2) is 0 Å². The Labute approximate surface area is 108 Å². The second-order valence-electron chi connectivity index (χ2n) is 5.78. The summed E-state index contributed by atoms with van der Waals surface area (Å²) in [6.07, 6.45) is 5.24. The summed E-state index contributed by atoms with van der Waals surface area (Å²) in [6.45, 7) is 4.54. The molecule has 0 amide bonds. The van der Waals surface area contributed by atoms with E-state index in [1.807, 2.05) is 6.92 Å². The number of carbonyl (C=O) groups is 1. The monoisotopic (exact) mass is 253 g/mol. The van der Waals surface area contributed by atoms with Crippen molar-refractivity contribution in [2.24, 2.45) is 17.8 Å². The van der Waals surface area contributed by atoms with Crippen molar-refractivity contribution in [1.29, 1.82) is 0 Å². The van der Waals surface area contributed by atoms with Crippen molar-refractivity contribution in [2.45, 2.75) is 44.8 Å². The normalized spacial score (nSPS) is 39.4. The van der Waals surface area contributed by atoms with Gasteiger partial charge in [0.1, 0.15) is 0 Å². The molecular weight excluding hydrogens is 230 g/mol.